The Morgan fingerprint density at radius 3 is 2.60 bits per heavy atom. The number of amides is 1. The number of pyridine rings is 1. The minimum Gasteiger partial charge on any atom is -0.323 e. The van der Waals surface area contributed by atoms with Gasteiger partial charge in [0.15, 0.2) is 0 Å². The average Bonchev–Trinajstić information content (AvgIpc) is 2.44. The van der Waals surface area contributed by atoms with Crippen molar-refractivity contribution in [2.75, 3.05) is 10.7 Å². The molecule has 0 saturated carbocycles. The highest BCUT2D eigenvalue weighted by atomic mass is 19.1. The van der Waals surface area contributed by atoms with E-state index in [1.807, 2.05) is 0 Å². The van der Waals surface area contributed by atoms with Crippen LogP contribution in [0.3, 0.4) is 0 Å². The lowest BCUT2D eigenvalue weighted by molar-refractivity contribution is 0.102. The molecule has 1 amide bonds. The third-order valence-corrected chi connectivity index (χ3v) is 2.66. The van der Waals surface area contributed by atoms with E-state index >= 15 is 0 Å². The van der Waals surface area contributed by atoms with Crippen LogP contribution in [-0.4, -0.2) is 10.9 Å². The number of rotatable bonds is 3. The summed E-state index contributed by atoms with van der Waals surface area (Å²) in [5, 5.41) is 2.26. The van der Waals surface area contributed by atoms with Crippen molar-refractivity contribution >= 4 is 17.3 Å². The summed E-state index contributed by atoms with van der Waals surface area (Å²) in [7, 11) is 0. The molecule has 0 unspecified atom stereocenters. The lowest BCUT2D eigenvalue weighted by atomic mass is 10.2. The molecular weight excluding hydrogens is 266 g/mol. The molecule has 0 saturated heterocycles. The lowest BCUT2D eigenvalue weighted by Crippen LogP contribution is -2.15. The molecule has 0 atom stereocenters. The van der Waals surface area contributed by atoms with Crippen molar-refractivity contribution in [3.8, 4) is 0 Å². The molecule has 104 valence electrons. The SMILES string of the molecule is Cc1cc(F)c(NC(=O)c2ccc(NN)cn2)cc1F. The number of nitrogens with zero attached hydrogens (tertiary/aromatic N) is 1. The second kappa shape index (κ2) is 5.62. The molecule has 1 heterocycles. The van der Waals surface area contributed by atoms with Gasteiger partial charge in [-0.1, -0.05) is 0 Å². The number of hydrogen-bond acceptors (Lipinski definition) is 4. The van der Waals surface area contributed by atoms with Gasteiger partial charge in [-0.2, -0.15) is 0 Å². The summed E-state index contributed by atoms with van der Waals surface area (Å²) in [5.41, 5.74) is 2.87. The smallest absolute Gasteiger partial charge is 0.274 e. The predicted molar refractivity (Wildman–Crippen MR) is 71.1 cm³/mol. The molecule has 7 heteroatoms. The van der Waals surface area contributed by atoms with Gasteiger partial charge in [-0.25, -0.2) is 13.8 Å². The van der Waals surface area contributed by atoms with Gasteiger partial charge in [0.2, 0.25) is 0 Å². The molecule has 0 aliphatic carbocycles. The second-order valence-electron chi connectivity index (χ2n) is 4.11. The van der Waals surface area contributed by atoms with Crippen LogP contribution in [-0.2, 0) is 0 Å². The van der Waals surface area contributed by atoms with Gasteiger partial charge in [-0.15, -0.1) is 0 Å². The highest BCUT2D eigenvalue weighted by Crippen LogP contribution is 2.19. The third kappa shape index (κ3) is 2.89. The molecule has 0 aliphatic rings. The summed E-state index contributed by atoms with van der Waals surface area (Å²) in [4.78, 5) is 15.7. The molecule has 0 spiro atoms. The zero-order valence-corrected chi connectivity index (χ0v) is 10.6. The number of hydrogen-bond donors (Lipinski definition) is 3. The van der Waals surface area contributed by atoms with E-state index in [-0.39, 0.29) is 16.9 Å². The fourth-order valence-electron chi connectivity index (χ4n) is 1.54. The summed E-state index contributed by atoms with van der Waals surface area (Å²) in [6.07, 6.45) is 1.35. The van der Waals surface area contributed by atoms with Gasteiger partial charge in [0.05, 0.1) is 17.6 Å². The third-order valence-electron chi connectivity index (χ3n) is 2.66. The van der Waals surface area contributed by atoms with Gasteiger partial charge in [-0.3, -0.25) is 10.6 Å². The van der Waals surface area contributed by atoms with E-state index < -0.39 is 17.5 Å². The normalized spacial score (nSPS) is 10.2. The Labute approximate surface area is 113 Å². The van der Waals surface area contributed by atoms with E-state index in [4.69, 9.17) is 5.84 Å². The van der Waals surface area contributed by atoms with Gasteiger partial charge in [0, 0.05) is 6.07 Å². The number of benzene rings is 1. The standard InChI is InChI=1S/C13H12F2N4O/c1-7-4-10(15)12(5-9(7)14)18-13(20)11-3-2-8(19-16)6-17-11/h2-6,19H,16H2,1H3,(H,18,20). The van der Waals surface area contributed by atoms with Crippen LogP contribution >= 0.6 is 0 Å². The van der Waals surface area contributed by atoms with Crippen molar-refractivity contribution in [3.63, 3.8) is 0 Å². The van der Waals surface area contributed by atoms with Crippen LogP contribution in [0.4, 0.5) is 20.2 Å². The van der Waals surface area contributed by atoms with Crippen LogP contribution in [0.1, 0.15) is 16.1 Å². The van der Waals surface area contributed by atoms with E-state index in [2.05, 4.69) is 15.7 Å². The van der Waals surface area contributed by atoms with Gasteiger partial charge in [0.1, 0.15) is 17.3 Å². The Balaban J connectivity index is 2.20. The molecule has 0 aliphatic heterocycles. The minimum atomic E-state index is -0.711. The Hall–Kier alpha value is -2.54. The van der Waals surface area contributed by atoms with Gasteiger partial charge >= 0.3 is 0 Å². The summed E-state index contributed by atoms with van der Waals surface area (Å²) in [6.45, 7) is 1.43. The van der Waals surface area contributed by atoms with Gasteiger partial charge in [0.25, 0.3) is 5.91 Å². The van der Waals surface area contributed by atoms with Gasteiger partial charge in [-0.05, 0) is 30.7 Å². The molecule has 0 fully saturated rings. The topological polar surface area (TPSA) is 80.0 Å². The first-order chi connectivity index (χ1) is 9.51. The number of nitrogens with one attached hydrogen (secondary N) is 2. The van der Waals surface area contributed by atoms with Crippen molar-refractivity contribution in [2.24, 2.45) is 5.84 Å². The summed E-state index contributed by atoms with van der Waals surface area (Å²) in [5.74, 6) is 3.22. The van der Waals surface area contributed by atoms with E-state index in [0.29, 0.717) is 5.69 Å². The molecule has 1 aromatic carbocycles. The minimum absolute atomic E-state index is 0.0596. The Bertz CT molecular complexity index is 644. The molecule has 20 heavy (non-hydrogen) atoms. The number of halogens is 2. The van der Waals surface area contributed by atoms with Crippen LogP contribution < -0.4 is 16.6 Å². The lowest BCUT2D eigenvalue weighted by Gasteiger charge is -2.08. The van der Waals surface area contributed by atoms with E-state index in [0.717, 1.165) is 12.1 Å². The Morgan fingerprint density at radius 1 is 1.25 bits per heavy atom. The monoisotopic (exact) mass is 278 g/mol. The maximum atomic E-state index is 13.6. The maximum Gasteiger partial charge on any atom is 0.274 e. The molecule has 5 nitrogen and oxygen atoms in total. The van der Waals surface area contributed by atoms with E-state index in [9.17, 15) is 13.6 Å². The maximum absolute atomic E-state index is 13.6. The molecule has 4 N–H and O–H groups in total. The van der Waals surface area contributed by atoms with Crippen LogP contribution in [0.5, 0.6) is 0 Å². The van der Waals surface area contributed by atoms with E-state index in [1.165, 1.54) is 25.3 Å². The number of nitrogens with two attached hydrogens (primary N) is 1. The Kier molecular flexibility index (Phi) is 3.90. The number of nitrogen functional groups attached to an aromatic ring is 1. The number of aryl methyl sites for hydroxylation is 1. The van der Waals surface area contributed by atoms with Crippen LogP contribution in [0.25, 0.3) is 0 Å². The molecule has 2 rings (SSSR count). The highest BCUT2D eigenvalue weighted by molar-refractivity contribution is 6.03. The van der Waals surface area contributed by atoms with Gasteiger partial charge < -0.3 is 10.7 Å². The average molecular weight is 278 g/mol. The number of hydrazine groups is 1. The summed E-state index contributed by atoms with van der Waals surface area (Å²) < 4.78 is 27.0. The summed E-state index contributed by atoms with van der Waals surface area (Å²) in [6, 6.07) is 4.89. The van der Waals surface area contributed by atoms with Crippen molar-refractivity contribution in [2.45, 2.75) is 6.92 Å². The van der Waals surface area contributed by atoms with Crippen LogP contribution in [0.15, 0.2) is 30.5 Å². The highest BCUT2D eigenvalue weighted by Gasteiger charge is 2.12. The number of carbonyl (C=O) groups excluding carboxylic acids is 1. The number of carbonyl (C=O) groups is 1. The Morgan fingerprint density at radius 2 is 2.00 bits per heavy atom. The van der Waals surface area contributed by atoms with Crippen molar-refractivity contribution < 1.29 is 13.6 Å². The molecule has 0 radical (unpaired) electrons. The fraction of sp³-hybridized carbons (Fsp3) is 0.0769. The predicted octanol–water partition coefficient (Wildman–Crippen LogP) is 2.21. The van der Waals surface area contributed by atoms with E-state index in [1.54, 1.807) is 0 Å². The van der Waals surface area contributed by atoms with Crippen molar-refractivity contribution in [1.82, 2.24) is 4.98 Å². The summed E-state index contributed by atoms with van der Waals surface area (Å²) >= 11 is 0. The molecule has 2 aromatic rings. The molecular formula is C13H12F2N4O. The van der Waals surface area contributed by atoms with Crippen molar-refractivity contribution in [3.05, 3.63) is 53.4 Å². The zero-order chi connectivity index (χ0) is 14.7. The zero-order valence-electron chi connectivity index (χ0n) is 10.6. The first kappa shape index (κ1) is 13.9. The molecule has 1 aromatic heterocycles. The quantitative estimate of drug-likeness (QED) is 0.594. The second-order valence-corrected chi connectivity index (χ2v) is 4.11. The fourth-order valence-corrected chi connectivity index (χ4v) is 1.54. The van der Waals surface area contributed by atoms with Crippen LogP contribution in [0.2, 0.25) is 0 Å². The molecule has 0 bridgehead atoms. The first-order valence-corrected chi connectivity index (χ1v) is 5.71. The van der Waals surface area contributed by atoms with Crippen molar-refractivity contribution in [1.29, 1.82) is 0 Å². The largest absolute Gasteiger partial charge is 0.323 e. The number of anilines is 2. The number of aromatic nitrogens is 1. The van der Waals surface area contributed by atoms with Crippen LogP contribution in [0, 0.1) is 18.6 Å². The first-order valence-electron chi connectivity index (χ1n) is 5.71.